The second kappa shape index (κ2) is 5.99. The van der Waals surface area contributed by atoms with E-state index in [9.17, 15) is 5.11 Å². The van der Waals surface area contributed by atoms with Crippen LogP contribution in [0.2, 0.25) is 0 Å². The van der Waals surface area contributed by atoms with Crippen molar-refractivity contribution in [2.45, 2.75) is 51.2 Å². The molecule has 0 bridgehead atoms. The van der Waals surface area contributed by atoms with E-state index in [0.29, 0.717) is 12.0 Å². The fourth-order valence-corrected chi connectivity index (χ4v) is 2.98. The fourth-order valence-electron chi connectivity index (χ4n) is 2.98. The first kappa shape index (κ1) is 12.3. The zero-order chi connectivity index (χ0) is 11.4. The Morgan fingerprint density at radius 3 is 2.88 bits per heavy atom. The van der Waals surface area contributed by atoms with Gasteiger partial charge in [0, 0.05) is 26.2 Å². The van der Waals surface area contributed by atoms with Gasteiger partial charge in [-0.15, -0.1) is 0 Å². The Labute approximate surface area is 98.8 Å². The van der Waals surface area contributed by atoms with Crippen LogP contribution >= 0.6 is 0 Å². The molecule has 1 N–H and O–H groups in total. The minimum absolute atomic E-state index is 0.0618. The number of nitrogens with zero attached hydrogens (tertiary/aromatic N) is 1. The second-order valence-electron chi connectivity index (χ2n) is 5.41. The van der Waals surface area contributed by atoms with E-state index in [1.807, 2.05) is 0 Å². The van der Waals surface area contributed by atoms with Gasteiger partial charge >= 0.3 is 0 Å². The van der Waals surface area contributed by atoms with Gasteiger partial charge in [0.1, 0.15) is 0 Å². The standard InChI is InChI=1S/C13H25NO2/c1-11-9-14(7-4-8-16-11)10-12-5-2-3-6-13(12)15/h11-13,15H,2-10H2,1H3. The average Bonchev–Trinajstić information content (AvgIpc) is 2.46. The maximum atomic E-state index is 9.98. The summed E-state index contributed by atoms with van der Waals surface area (Å²) in [7, 11) is 0. The molecule has 0 aromatic rings. The summed E-state index contributed by atoms with van der Waals surface area (Å²) in [6.45, 7) is 6.27. The van der Waals surface area contributed by atoms with E-state index >= 15 is 0 Å². The van der Waals surface area contributed by atoms with Gasteiger partial charge in [0.25, 0.3) is 0 Å². The van der Waals surface area contributed by atoms with E-state index in [1.165, 1.54) is 19.3 Å². The van der Waals surface area contributed by atoms with Crippen molar-refractivity contribution in [3.63, 3.8) is 0 Å². The quantitative estimate of drug-likeness (QED) is 0.778. The number of ether oxygens (including phenoxy) is 1. The summed E-state index contributed by atoms with van der Waals surface area (Å²) in [5.74, 6) is 0.499. The molecule has 2 fully saturated rings. The number of hydrogen-bond acceptors (Lipinski definition) is 3. The summed E-state index contributed by atoms with van der Waals surface area (Å²) in [5.41, 5.74) is 0. The molecular weight excluding hydrogens is 202 g/mol. The Bertz CT molecular complexity index is 210. The third-order valence-electron chi connectivity index (χ3n) is 3.90. The zero-order valence-electron chi connectivity index (χ0n) is 10.4. The van der Waals surface area contributed by atoms with E-state index in [1.54, 1.807) is 0 Å². The molecule has 0 aromatic carbocycles. The van der Waals surface area contributed by atoms with Crippen molar-refractivity contribution in [3.05, 3.63) is 0 Å². The van der Waals surface area contributed by atoms with Crippen LogP contribution in [0.15, 0.2) is 0 Å². The molecule has 3 atom stereocenters. The molecule has 1 heterocycles. The number of aliphatic hydroxyl groups excluding tert-OH is 1. The van der Waals surface area contributed by atoms with E-state index in [2.05, 4.69) is 11.8 Å². The molecule has 3 heteroatoms. The zero-order valence-corrected chi connectivity index (χ0v) is 10.4. The molecule has 2 aliphatic rings. The van der Waals surface area contributed by atoms with Crippen molar-refractivity contribution >= 4 is 0 Å². The van der Waals surface area contributed by atoms with E-state index < -0.39 is 0 Å². The third-order valence-corrected chi connectivity index (χ3v) is 3.90. The average molecular weight is 227 g/mol. The summed E-state index contributed by atoms with van der Waals surface area (Å²) in [6, 6.07) is 0. The maximum absolute atomic E-state index is 9.98. The minimum atomic E-state index is -0.0618. The molecule has 0 aromatic heterocycles. The molecule has 0 spiro atoms. The van der Waals surface area contributed by atoms with E-state index in [0.717, 1.165) is 39.1 Å². The maximum Gasteiger partial charge on any atom is 0.0673 e. The SMILES string of the molecule is CC1CN(CC2CCCCC2O)CCCO1. The monoisotopic (exact) mass is 227 g/mol. The highest BCUT2D eigenvalue weighted by molar-refractivity contribution is 4.79. The third kappa shape index (κ3) is 3.44. The highest BCUT2D eigenvalue weighted by atomic mass is 16.5. The lowest BCUT2D eigenvalue weighted by molar-refractivity contribution is 0.0340. The molecule has 0 amide bonds. The molecule has 3 unspecified atom stereocenters. The van der Waals surface area contributed by atoms with Gasteiger partial charge in [-0.2, -0.15) is 0 Å². The number of rotatable bonds is 2. The van der Waals surface area contributed by atoms with Gasteiger partial charge in [-0.05, 0) is 32.1 Å². The molecule has 1 saturated carbocycles. The molecule has 1 saturated heterocycles. The van der Waals surface area contributed by atoms with Gasteiger partial charge in [0.2, 0.25) is 0 Å². The lowest BCUT2D eigenvalue weighted by Gasteiger charge is -2.32. The van der Waals surface area contributed by atoms with Crippen LogP contribution in [-0.2, 0) is 4.74 Å². The molecule has 3 nitrogen and oxygen atoms in total. The van der Waals surface area contributed by atoms with Gasteiger partial charge in [0.15, 0.2) is 0 Å². The predicted molar refractivity (Wildman–Crippen MR) is 64.4 cm³/mol. The molecule has 2 rings (SSSR count). The van der Waals surface area contributed by atoms with Crippen LogP contribution in [0, 0.1) is 5.92 Å². The number of aliphatic hydroxyl groups is 1. The fraction of sp³-hybridized carbons (Fsp3) is 1.00. The van der Waals surface area contributed by atoms with Crippen molar-refractivity contribution in [2.75, 3.05) is 26.2 Å². The van der Waals surface area contributed by atoms with E-state index in [4.69, 9.17) is 4.74 Å². The van der Waals surface area contributed by atoms with Gasteiger partial charge in [0.05, 0.1) is 12.2 Å². The molecular formula is C13H25NO2. The largest absolute Gasteiger partial charge is 0.393 e. The highest BCUT2D eigenvalue weighted by Crippen LogP contribution is 2.25. The van der Waals surface area contributed by atoms with Crippen LogP contribution in [0.25, 0.3) is 0 Å². The smallest absolute Gasteiger partial charge is 0.0673 e. The van der Waals surface area contributed by atoms with Crippen LogP contribution < -0.4 is 0 Å². The Morgan fingerprint density at radius 1 is 1.25 bits per heavy atom. The molecule has 1 aliphatic heterocycles. The second-order valence-corrected chi connectivity index (χ2v) is 5.41. The van der Waals surface area contributed by atoms with Crippen molar-refractivity contribution in [1.82, 2.24) is 4.90 Å². The Hall–Kier alpha value is -0.120. The molecule has 1 aliphatic carbocycles. The van der Waals surface area contributed by atoms with Crippen molar-refractivity contribution < 1.29 is 9.84 Å². The van der Waals surface area contributed by atoms with Gasteiger partial charge in [-0.3, -0.25) is 0 Å². The lowest BCUT2D eigenvalue weighted by atomic mass is 9.86. The van der Waals surface area contributed by atoms with Crippen molar-refractivity contribution in [1.29, 1.82) is 0 Å². The summed E-state index contributed by atoms with van der Waals surface area (Å²) < 4.78 is 5.64. The predicted octanol–water partition coefficient (Wildman–Crippen LogP) is 1.65. The van der Waals surface area contributed by atoms with Gasteiger partial charge in [-0.25, -0.2) is 0 Å². The Balaban J connectivity index is 1.82. The van der Waals surface area contributed by atoms with Crippen LogP contribution in [0.1, 0.15) is 39.0 Å². The van der Waals surface area contributed by atoms with Crippen LogP contribution in [0.5, 0.6) is 0 Å². The minimum Gasteiger partial charge on any atom is -0.393 e. The highest BCUT2D eigenvalue weighted by Gasteiger charge is 2.26. The summed E-state index contributed by atoms with van der Waals surface area (Å²) in [5, 5.41) is 9.98. The van der Waals surface area contributed by atoms with Crippen LogP contribution in [0.4, 0.5) is 0 Å². The van der Waals surface area contributed by atoms with Crippen molar-refractivity contribution in [3.8, 4) is 0 Å². The van der Waals surface area contributed by atoms with Gasteiger partial charge < -0.3 is 14.7 Å². The first-order valence-corrected chi connectivity index (χ1v) is 6.77. The first-order chi connectivity index (χ1) is 7.75. The molecule has 0 radical (unpaired) electrons. The van der Waals surface area contributed by atoms with Crippen LogP contribution in [-0.4, -0.2) is 48.5 Å². The summed E-state index contributed by atoms with van der Waals surface area (Å²) in [4.78, 5) is 2.48. The normalized spacial score (nSPS) is 38.2. The Morgan fingerprint density at radius 2 is 2.06 bits per heavy atom. The van der Waals surface area contributed by atoms with Gasteiger partial charge in [-0.1, -0.05) is 12.8 Å². The van der Waals surface area contributed by atoms with Crippen LogP contribution in [0.3, 0.4) is 0 Å². The Kier molecular flexibility index (Phi) is 4.62. The first-order valence-electron chi connectivity index (χ1n) is 6.77. The summed E-state index contributed by atoms with van der Waals surface area (Å²) in [6.07, 6.45) is 6.13. The van der Waals surface area contributed by atoms with E-state index in [-0.39, 0.29) is 6.10 Å². The molecule has 94 valence electrons. The van der Waals surface area contributed by atoms with Crippen molar-refractivity contribution in [2.24, 2.45) is 5.92 Å². The summed E-state index contributed by atoms with van der Waals surface area (Å²) >= 11 is 0. The lowest BCUT2D eigenvalue weighted by Crippen LogP contribution is -2.39. The topological polar surface area (TPSA) is 32.7 Å². The number of hydrogen-bond donors (Lipinski definition) is 1. The molecule has 16 heavy (non-hydrogen) atoms.